The number of hydrogen-bond acceptors (Lipinski definition) is 3. The molecule has 1 unspecified atom stereocenters. The van der Waals surface area contributed by atoms with Crippen molar-refractivity contribution in [2.75, 3.05) is 13.7 Å². The van der Waals surface area contributed by atoms with Gasteiger partial charge in [0.25, 0.3) is 0 Å². The van der Waals surface area contributed by atoms with E-state index < -0.39 is 0 Å². The van der Waals surface area contributed by atoms with E-state index >= 15 is 0 Å². The third kappa shape index (κ3) is 4.18. The van der Waals surface area contributed by atoms with Crippen LogP contribution in [0.3, 0.4) is 0 Å². The number of carbonyl (C=O) groups excluding carboxylic acids is 1. The molecular formula is C17H23N3O2. The molecule has 1 aromatic heterocycles. The van der Waals surface area contributed by atoms with Crippen molar-refractivity contribution < 1.29 is 9.90 Å². The van der Waals surface area contributed by atoms with Crippen LogP contribution in [0.15, 0.2) is 42.7 Å². The zero-order chi connectivity index (χ0) is 15.9. The first-order chi connectivity index (χ1) is 10.6. The summed E-state index contributed by atoms with van der Waals surface area (Å²) in [6.07, 6.45) is 4.64. The highest BCUT2D eigenvalue weighted by atomic mass is 16.3. The van der Waals surface area contributed by atoms with E-state index in [1.807, 2.05) is 43.5 Å². The average molecular weight is 301 g/mol. The Balaban J connectivity index is 2.00. The molecule has 2 rings (SSSR count). The molecule has 1 amide bonds. The molecule has 0 aliphatic rings. The Morgan fingerprint density at radius 3 is 2.68 bits per heavy atom. The van der Waals surface area contributed by atoms with Crippen molar-refractivity contribution in [2.45, 2.75) is 32.4 Å². The van der Waals surface area contributed by atoms with Gasteiger partial charge < -0.3 is 10.0 Å². The molecule has 2 aromatic rings. The van der Waals surface area contributed by atoms with E-state index in [0.29, 0.717) is 19.4 Å². The second-order valence-corrected chi connectivity index (χ2v) is 5.47. The molecule has 0 spiro atoms. The van der Waals surface area contributed by atoms with Crippen molar-refractivity contribution in [2.24, 2.45) is 0 Å². The van der Waals surface area contributed by atoms with Gasteiger partial charge in [0.1, 0.15) is 0 Å². The van der Waals surface area contributed by atoms with Crippen LogP contribution in [0.4, 0.5) is 0 Å². The molecular weight excluding hydrogens is 278 g/mol. The van der Waals surface area contributed by atoms with Gasteiger partial charge in [0.15, 0.2) is 0 Å². The smallest absolute Gasteiger partial charge is 0.224 e. The minimum atomic E-state index is -0.0990. The first-order valence-corrected chi connectivity index (χ1v) is 7.52. The molecule has 118 valence electrons. The maximum absolute atomic E-state index is 12.4. The Hall–Kier alpha value is -2.14. The van der Waals surface area contributed by atoms with Crippen LogP contribution in [-0.2, 0) is 11.3 Å². The topological polar surface area (TPSA) is 58.4 Å². The number of nitrogens with zero attached hydrogens (tertiary/aromatic N) is 3. The van der Waals surface area contributed by atoms with Gasteiger partial charge >= 0.3 is 0 Å². The summed E-state index contributed by atoms with van der Waals surface area (Å²) in [5.74, 6) is 0.0513. The summed E-state index contributed by atoms with van der Waals surface area (Å²) in [5.41, 5.74) is 2.13. The standard InChI is InChI=1S/C17H23N3O2/c1-14-12-18-20(13-14)10-8-17(22)19(2)16(9-11-21)15-6-4-3-5-7-15/h3-7,12-13,16,21H,8-11H2,1-2H3. The Labute approximate surface area is 131 Å². The SMILES string of the molecule is Cc1cnn(CCC(=O)N(C)C(CCO)c2ccccc2)c1. The number of benzene rings is 1. The maximum Gasteiger partial charge on any atom is 0.224 e. The van der Waals surface area contributed by atoms with Gasteiger partial charge in [-0.15, -0.1) is 0 Å². The predicted octanol–water partition coefficient (Wildman–Crippen LogP) is 2.16. The normalized spacial score (nSPS) is 12.1. The zero-order valence-corrected chi connectivity index (χ0v) is 13.1. The lowest BCUT2D eigenvalue weighted by Gasteiger charge is -2.28. The second kappa shape index (κ2) is 7.75. The zero-order valence-electron chi connectivity index (χ0n) is 13.1. The summed E-state index contributed by atoms with van der Waals surface area (Å²) in [4.78, 5) is 14.1. The van der Waals surface area contributed by atoms with Gasteiger partial charge in [-0.25, -0.2) is 0 Å². The van der Waals surface area contributed by atoms with Gasteiger partial charge in [0.05, 0.1) is 12.2 Å². The summed E-state index contributed by atoms with van der Waals surface area (Å²) >= 11 is 0. The fourth-order valence-corrected chi connectivity index (χ4v) is 2.53. The highest BCUT2D eigenvalue weighted by molar-refractivity contribution is 5.76. The lowest BCUT2D eigenvalue weighted by Crippen LogP contribution is -2.32. The molecule has 1 atom stereocenters. The Kier molecular flexibility index (Phi) is 5.72. The summed E-state index contributed by atoms with van der Waals surface area (Å²) in [6, 6.07) is 9.72. The van der Waals surface area contributed by atoms with E-state index in [2.05, 4.69) is 5.10 Å². The van der Waals surface area contributed by atoms with Crippen LogP contribution in [0.5, 0.6) is 0 Å². The fraction of sp³-hybridized carbons (Fsp3) is 0.412. The Morgan fingerprint density at radius 1 is 1.36 bits per heavy atom. The fourth-order valence-electron chi connectivity index (χ4n) is 2.53. The number of carbonyl (C=O) groups is 1. The molecule has 5 heteroatoms. The van der Waals surface area contributed by atoms with Crippen LogP contribution in [0, 0.1) is 6.92 Å². The molecule has 0 saturated heterocycles. The van der Waals surface area contributed by atoms with Crippen molar-refractivity contribution >= 4 is 5.91 Å². The van der Waals surface area contributed by atoms with Gasteiger partial charge in [-0.1, -0.05) is 30.3 Å². The molecule has 1 N–H and O–H groups in total. The number of aliphatic hydroxyl groups is 1. The highest BCUT2D eigenvalue weighted by Gasteiger charge is 2.20. The van der Waals surface area contributed by atoms with Crippen molar-refractivity contribution in [1.29, 1.82) is 0 Å². The number of rotatable bonds is 7. The predicted molar refractivity (Wildman–Crippen MR) is 85.2 cm³/mol. The second-order valence-electron chi connectivity index (χ2n) is 5.47. The molecule has 0 aliphatic heterocycles. The monoisotopic (exact) mass is 301 g/mol. The molecule has 22 heavy (non-hydrogen) atoms. The lowest BCUT2D eigenvalue weighted by atomic mass is 10.0. The van der Waals surface area contributed by atoms with E-state index in [9.17, 15) is 9.90 Å². The summed E-state index contributed by atoms with van der Waals surface area (Å²) in [5, 5.41) is 13.5. The number of hydrogen-bond donors (Lipinski definition) is 1. The van der Waals surface area contributed by atoms with Crippen LogP contribution in [0.25, 0.3) is 0 Å². The van der Waals surface area contributed by atoms with Crippen molar-refractivity contribution in [3.63, 3.8) is 0 Å². The summed E-state index contributed by atoms with van der Waals surface area (Å²) in [7, 11) is 1.80. The maximum atomic E-state index is 12.4. The minimum Gasteiger partial charge on any atom is -0.396 e. The number of aromatic nitrogens is 2. The first kappa shape index (κ1) is 16.2. The van der Waals surface area contributed by atoms with Crippen LogP contribution in [0.2, 0.25) is 0 Å². The molecule has 5 nitrogen and oxygen atoms in total. The van der Waals surface area contributed by atoms with Crippen LogP contribution < -0.4 is 0 Å². The molecule has 1 aromatic carbocycles. The average Bonchev–Trinajstić information content (AvgIpc) is 2.96. The first-order valence-electron chi connectivity index (χ1n) is 7.52. The van der Waals surface area contributed by atoms with E-state index in [4.69, 9.17) is 0 Å². The largest absolute Gasteiger partial charge is 0.396 e. The summed E-state index contributed by atoms with van der Waals surface area (Å²) < 4.78 is 1.78. The van der Waals surface area contributed by atoms with Gasteiger partial charge in [-0.05, 0) is 24.5 Å². The Morgan fingerprint density at radius 2 is 2.09 bits per heavy atom. The van der Waals surface area contributed by atoms with Crippen molar-refractivity contribution in [3.8, 4) is 0 Å². The molecule has 0 aliphatic carbocycles. The molecule has 0 bridgehead atoms. The van der Waals surface area contributed by atoms with E-state index in [-0.39, 0.29) is 18.6 Å². The minimum absolute atomic E-state index is 0.0511. The number of amides is 1. The molecule has 0 fully saturated rings. The third-order valence-corrected chi connectivity index (χ3v) is 3.76. The van der Waals surface area contributed by atoms with Gasteiger partial charge in [-0.2, -0.15) is 5.10 Å². The van der Waals surface area contributed by atoms with Crippen LogP contribution in [0.1, 0.15) is 30.0 Å². The van der Waals surface area contributed by atoms with Gasteiger partial charge in [-0.3, -0.25) is 9.48 Å². The van der Waals surface area contributed by atoms with Crippen LogP contribution >= 0.6 is 0 Å². The van der Waals surface area contributed by atoms with E-state index in [1.165, 1.54) is 0 Å². The number of aryl methyl sites for hydroxylation is 2. The van der Waals surface area contributed by atoms with Gasteiger partial charge in [0.2, 0.25) is 5.91 Å². The quantitative estimate of drug-likeness (QED) is 0.852. The molecule has 1 heterocycles. The molecule has 0 saturated carbocycles. The van der Waals surface area contributed by atoms with E-state index in [1.54, 1.807) is 22.8 Å². The number of aliphatic hydroxyl groups excluding tert-OH is 1. The summed E-state index contributed by atoms with van der Waals surface area (Å²) in [6.45, 7) is 2.59. The van der Waals surface area contributed by atoms with E-state index in [0.717, 1.165) is 11.1 Å². The lowest BCUT2D eigenvalue weighted by molar-refractivity contribution is -0.132. The third-order valence-electron chi connectivity index (χ3n) is 3.76. The van der Waals surface area contributed by atoms with Crippen LogP contribution in [-0.4, -0.2) is 39.3 Å². The van der Waals surface area contributed by atoms with Gasteiger partial charge in [0, 0.05) is 32.8 Å². The highest BCUT2D eigenvalue weighted by Crippen LogP contribution is 2.23. The van der Waals surface area contributed by atoms with Crippen molar-refractivity contribution in [3.05, 3.63) is 53.9 Å². The van der Waals surface area contributed by atoms with Crippen molar-refractivity contribution in [1.82, 2.24) is 14.7 Å². The Bertz CT molecular complexity index is 595. The molecule has 0 radical (unpaired) electrons.